The fourth-order valence-corrected chi connectivity index (χ4v) is 3.73. The first-order valence-corrected chi connectivity index (χ1v) is 8.14. The molecule has 5 heteroatoms. The van der Waals surface area contributed by atoms with Crippen LogP contribution in [0.25, 0.3) is 0 Å². The number of piperazine rings is 1. The summed E-state index contributed by atoms with van der Waals surface area (Å²) in [7, 11) is -1.37. The summed E-state index contributed by atoms with van der Waals surface area (Å²) in [4.78, 5) is 5.07. The molecule has 2 aliphatic rings. The fourth-order valence-electron chi connectivity index (χ4n) is 3.73. The Morgan fingerprint density at radius 3 is 2.33 bits per heavy atom. The Hall–Kier alpha value is -0.875. The largest absolute Gasteiger partial charge is 0.488 e. The van der Waals surface area contributed by atoms with Gasteiger partial charge in [-0.05, 0) is 23.9 Å². The van der Waals surface area contributed by atoms with Crippen LogP contribution >= 0.6 is 0 Å². The van der Waals surface area contributed by atoms with E-state index in [1.54, 1.807) is 6.07 Å². The fraction of sp³-hybridized carbons (Fsp3) is 0.625. The molecule has 1 saturated heterocycles. The maximum atomic E-state index is 9.45. The van der Waals surface area contributed by atoms with Crippen LogP contribution in [0.1, 0.15) is 31.2 Å². The van der Waals surface area contributed by atoms with Crippen molar-refractivity contribution in [3.05, 3.63) is 29.8 Å². The van der Waals surface area contributed by atoms with Gasteiger partial charge in [-0.15, -0.1) is 0 Å². The van der Waals surface area contributed by atoms with Gasteiger partial charge >= 0.3 is 7.12 Å². The van der Waals surface area contributed by atoms with Crippen LogP contribution < -0.4 is 5.46 Å². The molecule has 1 heterocycles. The Balaban J connectivity index is 1.55. The van der Waals surface area contributed by atoms with Gasteiger partial charge in [-0.1, -0.05) is 37.1 Å². The van der Waals surface area contributed by atoms with Gasteiger partial charge < -0.3 is 10.0 Å². The molecule has 21 heavy (non-hydrogen) atoms. The standard InChI is InChI=1S/C16H25BN2O2/c20-17(21)16-8-4-1-5-14(16)13-18-9-11-19(12-10-18)15-6-2-3-7-15/h1,4-5,8,15,20-21H,2-3,6-7,9-13H2. The van der Waals surface area contributed by atoms with Crippen LogP contribution in [0.5, 0.6) is 0 Å². The Morgan fingerprint density at radius 1 is 1.00 bits per heavy atom. The van der Waals surface area contributed by atoms with E-state index in [1.165, 1.54) is 25.7 Å². The summed E-state index contributed by atoms with van der Waals surface area (Å²) >= 11 is 0. The molecule has 0 atom stereocenters. The highest BCUT2D eigenvalue weighted by atomic mass is 16.4. The summed E-state index contributed by atoms with van der Waals surface area (Å²) in [5, 5.41) is 18.9. The quantitative estimate of drug-likeness (QED) is 0.789. The first-order valence-electron chi connectivity index (χ1n) is 8.14. The van der Waals surface area contributed by atoms with Gasteiger partial charge in [0, 0.05) is 38.8 Å². The predicted octanol–water partition coefficient (Wildman–Crippen LogP) is 0.427. The van der Waals surface area contributed by atoms with Gasteiger partial charge in [-0.2, -0.15) is 0 Å². The first kappa shape index (κ1) is 15.0. The zero-order valence-corrected chi connectivity index (χ0v) is 12.6. The maximum Gasteiger partial charge on any atom is 0.488 e. The molecule has 1 aliphatic heterocycles. The van der Waals surface area contributed by atoms with Crippen molar-refractivity contribution < 1.29 is 10.0 Å². The normalized spacial score (nSPS) is 21.8. The van der Waals surface area contributed by atoms with Crippen molar-refractivity contribution in [1.29, 1.82) is 0 Å². The van der Waals surface area contributed by atoms with Gasteiger partial charge in [0.1, 0.15) is 0 Å². The zero-order valence-electron chi connectivity index (χ0n) is 12.6. The Kier molecular flexibility index (Phi) is 4.96. The lowest BCUT2D eigenvalue weighted by Crippen LogP contribution is -2.49. The molecule has 2 N–H and O–H groups in total. The van der Waals surface area contributed by atoms with Crippen molar-refractivity contribution in [2.45, 2.75) is 38.3 Å². The van der Waals surface area contributed by atoms with Crippen LogP contribution in [-0.4, -0.2) is 59.2 Å². The van der Waals surface area contributed by atoms with E-state index in [0.717, 1.165) is 44.3 Å². The lowest BCUT2D eigenvalue weighted by Gasteiger charge is -2.38. The molecule has 0 bridgehead atoms. The molecular formula is C16H25BN2O2. The van der Waals surface area contributed by atoms with Crippen molar-refractivity contribution in [3.8, 4) is 0 Å². The van der Waals surface area contributed by atoms with Gasteiger partial charge in [0.25, 0.3) is 0 Å². The van der Waals surface area contributed by atoms with Crippen LogP contribution in [0.2, 0.25) is 0 Å². The van der Waals surface area contributed by atoms with Crippen molar-refractivity contribution in [2.75, 3.05) is 26.2 Å². The molecule has 4 nitrogen and oxygen atoms in total. The SMILES string of the molecule is OB(O)c1ccccc1CN1CCN(C2CCCC2)CC1. The third kappa shape index (κ3) is 3.66. The smallest absolute Gasteiger partial charge is 0.423 e. The van der Waals surface area contributed by atoms with Crippen LogP contribution in [0, 0.1) is 0 Å². The molecule has 0 aromatic heterocycles. The third-order valence-electron chi connectivity index (χ3n) is 4.98. The summed E-state index contributed by atoms with van der Waals surface area (Å²) in [6.45, 7) is 5.26. The molecule has 1 saturated carbocycles. The molecule has 3 rings (SSSR count). The zero-order chi connectivity index (χ0) is 14.7. The van der Waals surface area contributed by atoms with E-state index >= 15 is 0 Å². The molecule has 1 aromatic rings. The highest BCUT2D eigenvalue weighted by Gasteiger charge is 2.26. The summed E-state index contributed by atoms with van der Waals surface area (Å²) in [6, 6.07) is 8.44. The molecule has 2 fully saturated rings. The third-order valence-corrected chi connectivity index (χ3v) is 4.98. The maximum absolute atomic E-state index is 9.45. The topological polar surface area (TPSA) is 46.9 Å². The van der Waals surface area contributed by atoms with E-state index in [1.807, 2.05) is 18.2 Å². The van der Waals surface area contributed by atoms with E-state index in [2.05, 4.69) is 9.80 Å². The Morgan fingerprint density at radius 2 is 1.67 bits per heavy atom. The second-order valence-electron chi connectivity index (χ2n) is 6.32. The summed E-state index contributed by atoms with van der Waals surface area (Å²) in [5.74, 6) is 0. The van der Waals surface area contributed by atoms with Crippen molar-refractivity contribution in [2.24, 2.45) is 0 Å². The molecule has 0 radical (unpaired) electrons. The van der Waals surface area contributed by atoms with Crippen molar-refractivity contribution in [3.63, 3.8) is 0 Å². The van der Waals surface area contributed by atoms with E-state index in [4.69, 9.17) is 0 Å². The molecule has 0 unspecified atom stereocenters. The Bertz CT molecular complexity index is 455. The molecule has 0 spiro atoms. The van der Waals surface area contributed by atoms with Gasteiger partial charge in [0.05, 0.1) is 0 Å². The van der Waals surface area contributed by atoms with E-state index < -0.39 is 7.12 Å². The molecule has 1 aromatic carbocycles. The van der Waals surface area contributed by atoms with Gasteiger partial charge in [-0.25, -0.2) is 0 Å². The number of nitrogens with zero attached hydrogens (tertiary/aromatic N) is 2. The van der Waals surface area contributed by atoms with Gasteiger partial charge in [0.2, 0.25) is 0 Å². The van der Waals surface area contributed by atoms with Crippen LogP contribution in [0.15, 0.2) is 24.3 Å². The predicted molar refractivity (Wildman–Crippen MR) is 85.4 cm³/mol. The van der Waals surface area contributed by atoms with Gasteiger partial charge in [-0.3, -0.25) is 9.80 Å². The van der Waals surface area contributed by atoms with Crippen LogP contribution in [0.4, 0.5) is 0 Å². The number of benzene rings is 1. The molecule has 1 aliphatic carbocycles. The van der Waals surface area contributed by atoms with Gasteiger partial charge in [0.15, 0.2) is 0 Å². The minimum absolute atomic E-state index is 0.635. The van der Waals surface area contributed by atoms with E-state index in [9.17, 15) is 10.0 Å². The summed E-state index contributed by atoms with van der Waals surface area (Å²) in [6.07, 6.45) is 5.54. The van der Waals surface area contributed by atoms with E-state index in [0.29, 0.717) is 5.46 Å². The summed E-state index contributed by atoms with van der Waals surface area (Å²) < 4.78 is 0. The monoisotopic (exact) mass is 288 g/mol. The molecular weight excluding hydrogens is 263 g/mol. The minimum Gasteiger partial charge on any atom is -0.423 e. The number of rotatable bonds is 4. The molecule has 114 valence electrons. The van der Waals surface area contributed by atoms with Crippen LogP contribution in [0.3, 0.4) is 0 Å². The van der Waals surface area contributed by atoms with Crippen molar-refractivity contribution >= 4 is 12.6 Å². The molecule has 0 amide bonds. The lowest BCUT2D eigenvalue weighted by atomic mass is 9.77. The van der Waals surface area contributed by atoms with E-state index in [-0.39, 0.29) is 0 Å². The highest BCUT2D eigenvalue weighted by molar-refractivity contribution is 6.59. The first-order chi connectivity index (χ1) is 10.2. The second kappa shape index (κ2) is 6.92. The highest BCUT2D eigenvalue weighted by Crippen LogP contribution is 2.24. The van der Waals surface area contributed by atoms with Crippen LogP contribution in [-0.2, 0) is 6.54 Å². The lowest BCUT2D eigenvalue weighted by molar-refractivity contribution is 0.0938. The minimum atomic E-state index is -1.37. The second-order valence-corrected chi connectivity index (χ2v) is 6.32. The number of hydrogen-bond acceptors (Lipinski definition) is 4. The summed E-state index contributed by atoms with van der Waals surface area (Å²) in [5.41, 5.74) is 1.66. The average Bonchev–Trinajstić information content (AvgIpc) is 3.03. The number of hydrogen-bond donors (Lipinski definition) is 2. The Labute approximate surface area is 127 Å². The average molecular weight is 288 g/mol. The van der Waals surface area contributed by atoms with Crippen molar-refractivity contribution in [1.82, 2.24) is 9.80 Å².